The molecule has 26 heavy (non-hydrogen) atoms. The van der Waals surface area contributed by atoms with E-state index >= 15 is 0 Å². The average Bonchev–Trinajstić information content (AvgIpc) is 2.67. The number of hydrogen-bond acceptors (Lipinski definition) is 5. The number of nitrogens with zero attached hydrogens (tertiary/aromatic N) is 3. The molecule has 1 atom stereocenters. The van der Waals surface area contributed by atoms with Crippen molar-refractivity contribution in [3.05, 3.63) is 36.7 Å². The van der Waals surface area contributed by atoms with Crippen molar-refractivity contribution in [2.75, 3.05) is 31.2 Å². The van der Waals surface area contributed by atoms with Gasteiger partial charge in [0.1, 0.15) is 12.1 Å². The van der Waals surface area contributed by atoms with E-state index in [1.165, 1.54) is 4.90 Å². The van der Waals surface area contributed by atoms with Gasteiger partial charge in [-0.25, -0.2) is 9.78 Å². The maximum absolute atomic E-state index is 11.4. The molecule has 8 heteroatoms. The third-order valence-corrected chi connectivity index (χ3v) is 5.53. The van der Waals surface area contributed by atoms with Gasteiger partial charge in [0.2, 0.25) is 0 Å². The zero-order chi connectivity index (χ0) is 18.5. The van der Waals surface area contributed by atoms with Crippen LogP contribution in [0.15, 0.2) is 41.6 Å². The van der Waals surface area contributed by atoms with E-state index in [0.717, 1.165) is 35.5 Å². The highest BCUT2D eigenvalue weighted by Crippen LogP contribution is 2.21. The quantitative estimate of drug-likeness (QED) is 0.780. The van der Waals surface area contributed by atoms with Gasteiger partial charge >= 0.3 is 6.09 Å². The topological polar surface area (TPSA) is 101 Å². The lowest BCUT2D eigenvalue weighted by atomic mass is 9.97. The smallest absolute Gasteiger partial charge is 0.407 e. The second kappa shape index (κ2) is 8.37. The van der Waals surface area contributed by atoms with Crippen LogP contribution < -0.4 is 5.32 Å². The van der Waals surface area contributed by atoms with E-state index in [1.54, 1.807) is 18.6 Å². The fourth-order valence-electron chi connectivity index (χ4n) is 2.96. The SMILES string of the molecule is C[S+]([O-])c1ccc(-c2cnc(NCC3CCN(C(=O)O)CC3)cn2)cc1. The number of carbonyl (C=O) groups is 1. The molecule has 1 aromatic heterocycles. The van der Waals surface area contributed by atoms with Gasteiger partial charge in [0, 0.05) is 25.2 Å². The van der Waals surface area contributed by atoms with E-state index in [1.807, 2.05) is 24.3 Å². The van der Waals surface area contributed by atoms with Crippen LogP contribution in [0.3, 0.4) is 0 Å². The van der Waals surface area contributed by atoms with Crippen LogP contribution in [0.25, 0.3) is 11.3 Å². The van der Waals surface area contributed by atoms with Gasteiger partial charge in [-0.15, -0.1) is 0 Å². The van der Waals surface area contributed by atoms with Gasteiger partial charge in [-0.05, 0) is 54.2 Å². The Hall–Kier alpha value is -2.32. The van der Waals surface area contributed by atoms with Crippen molar-refractivity contribution in [1.29, 1.82) is 0 Å². The van der Waals surface area contributed by atoms with Crippen molar-refractivity contribution in [3.8, 4) is 11.3 Å². The molecule has 1 saturated heterocycles. The molecule has 1 unspecified atom stereocenters. The molecule has 0 spiro atoms. The van der Waals surface area contributed by atoms with Crippen LogP contribution in [-0.4, -0.2) is 56.5 Å². The second-order valence-corrected chi connectivity index (χ2v) is 7.74. The molecule has 1 aromatic carbocycles. The van der Waals surface area contributed by atoms with E-state index < -0.39 is 17.3 Å². The summed E-state index contributed by atoms with van der Waals surface area (Å²) in [5.74, 6) is 1.15. The Bertz CT molecular complexity index is 729. The highest BCUT2D eigenvalue weighted by atomic mass is 32.2. The number of hydrogen-bond donors (Lipinski definition) is 2. The summed E-state index contributed by atoms with van der Waals surface area (Å²) in [7, 11) is 0. The molecule has 0 radical (unpaired) electrons. The van der Waals surface area contributed by atoms with Crippen LogP contribution in [-0.2, 0) is 11.2 Å². The molecule has 138 valence electrons. The third-order valence-electron chi connectivity index (χ3n) is 4.59. The summed E-state index contributed by atoms with van der Waals surface area (Å²) in [6.07, 6.45) is 5.95. The number of rotatable bonds is 5. The zero-order valence-electron chi connectivity index (χ0n) is 14.6. The van der Waals surface area contributed by atoms with Crippen molar-refractivity contribution in [3.63, 3.8) is 0 Å². The van der Waals surface area contributed by atoms with Gasteiger partial charge in [0.15, 0.2) is 4.90 Å². The van der Waals surface area contributed by atoms with Crippen LogP contribution in [0.5, 0.6) is 0 Å². The standard InChI is InChI=1S/C18H22N4O3S/c1-26(25)15-4-2-14(3-5-15)16-11-21-17(12-19-16)20-10-13-6-8-22(9-7-13)18(23)24/h2-5,11-13H,6-10H2,1H3,(H,20,21)(H,23,24). The van der Waals surface area contributed by atoms with Gasteiger partial charge in [0.25, 0.3) is 0 Å². The molecule has 0 aliphatic carbocycles. The Morgan fingerprint density at radius 3 is 2.50 bits per heavy atom. The number of likely N-dealkylation sites (tertiary alicyclic amines) is 1. The highest BCUT2D eigenvalue weighted by Gasteiger charge is 2.22. The first-order chi connectivity index (χ1) is 12.5. The second-order valence-electron chi connectivity index (χ2n) is 6.36. The molecule has 1 amide bonds. The van der Waals surface area contributed by atoms with Crippen LogP contribution >= 0.6 is 0 Å². The molecule has 1 aliphatic heterocycles. The normalized spacial score (nSPS) is 16.3. The van der Waals surface area contributed by atoms with E-state index in [4.69, 9.17) is 5.11 Å². The number of piperidine rings is 1. The lowest BCUT2D eigenvalue weighted by Crippen LogP contribution is -2.39. The average molecular weight is 374 g/mol. The lowest BCUT2D eigenvalue weighted by Gasteiger charge is -2.30. The summed E-state index contributed by atoms with van der Waals surface area (Å²) in [6.45, 7) is 1.94. The molecule has 0 saturated carbocycles. The maximum Gasteiger partial charge on any atom is 0.407 e. The van der Waals surface area contributed by atoms with Crippen LogP contribution in [0.2, 0.25) is 0 Å². The Morgan fingerprint density at radius 2 is 1.96 bits per heavy atom. The Morgan fingerprint density at radius 1 is 1.27 bits per heavy atom. The number of benzene rings is 1. The molecule has 2 N–H and O–H groups in total. The minimum absolute atomic E-state index is 0.439. The molecular weight excluding hydrogens is 352 g/mol. The summed E-state index contributed by atoms with van der Waals surface area (Å²) < 4.78 is 11.4. The number of anilines is 1. The summed E-state index contributed by atoms with van der Waals surface area (Å²) in [5.41, 5.74) is 1.69. The molecule has 0 bridgehead atoms. The molecule has 1 fully saturated rings. The van der Waals surface area contributed by atoms with Gasteiger partial charge in [-0.2, -0.15) is 0 Å². The molecule has 2 heterocycles. The Balaban J connectivity index is 1.52. The van der Waals surface area contributed by atoms with Gasteiger partial charge in [-0.1, -0.05) is 0 Å². The Kier molecular flexibility index (Phi) is 5.95. The maximum atomic E-state index is 11.4. The predicted octanol–water partition coefficient (Wildman–Crippen LogP) is 2.68. The predicted molar refractivity (Wildman–Crippen MR) is 101 cm³/mol. The number of nitrogens with one attached hydrogen (secondary N) is 1. The first-order valence-electron chi connectivity index (χ1n) is 8.50. The van der Waals surface area contributed by atoms with Gasteiger partial charge in [-0.3, -0.25) is 4.98 Å². The largest absolute Gasteiger partial charge is 0.612 e. The zero-order valence-corrected chi connectivity index (χ0v) is 15.4. The third kappa shape index (κ3) is 4.64. The van der Waals surface area contributed by atoms with Crippen molar-refractivity contribution in [2.24, 2.45) is 5.92 Å². The summed E-state index contributed by atoms with van der Waals surface area (Å²) in [4.78, 5) is 22.0. The summed E-state index contributed by atoms with van der Waals surface area (Å²) in [5, 5.41) is 12.3. The molecule has 2 aromatic rings. The van der Waals surface area contributed by atoms with Crippen LogP contribution in [0.1, 0.15) is 12.8 Å². The van der Waals surface area contributed by atoms with E-state index in [0.29, 0.717) is 24.8 Å². The van der Waals surface area contributed by atoms with Crippen molar-refractivity contribution in [2.45, 2.75) is 17.7 Å². The lowest BCUT2D eigenvalue weighted by molar-refractivity contribution is 0.126. The van der Waals surface area contributed by atoms with Gasteiger partial charge < -0.3 is 19.9 Å². The first kappa shape index (κ1) is 18.5. The fourth-order valence-corrected chi connectivity index (χ4v) is 3.48. The summed E-state index contributed by atoms with van der Waals surface area (Å²) >= 11 is -0.989. The molecular formula is C18H22N4O3S. The van der Waals surface area contributed by atoms with Crippen molar-refractivity contribution in [1.82, 2.24) is 14.9 Å². The number of aromatic nitrogens is 2. The molecule has 3 rings (SSSR count). The van der Waals surface area contributed by atoms with Crippen molar-refractivity contribution >= 4 is 23.1 Å². The highest BCUT2D eigenvalue weighted by molar-refractivity contribution is 7.90. The van der Waals surface area contributed by atoms with Crippen LogP contribution in [0, 0.1) is 5.92 Å². The Labute approximate surface area is 155 Å². The van der Waals surface area contributed by atoms with Crippen LogP contribution in [0.4, 0.5) is 10.6 Å². The number of amides is 1. The first-order valence-corrected chi connectivity index (χ1v) is 10.1. The van der Waals surface area contributed by atoms with Gasteiger partial charge in [0.05, 0.1) is 18.1 Å². The van der Waals surface area contributed by atoms with E-state index in [-0.39, 0.29) is 0 Å². The van der Waals surface area contributed by atoms with E-state index in [9.17, 15) is 9.35 Å². The summed E-state index contributed by atoms with van der Waals surface area (Å²) in [6, 6.07) is 7.46. The molecule has 7 nitrogen and oxygen atoms in total. The minimum atomic E-state index is -0.989. The fraction of sp³-hybridized carbons (Fsp3) is 0.389. The van der Waals surface area contributed by atoms with Crippen molar-refractivity contribution < 1.29 is 14.5 Å². The molecule has 1 aliphatic rings. The van der Waals surface area contributed by atoms with E-state index in [2.05, 4.69) is 15.3 Å². The number of carboxylic acid groups (broad SMARTS) is 1. The minimum Gasteiger partial charge on any atom is -0.612 e. The monoisotopic (exact) mass is 374 g/mol.